The van der Waals surface area contributed by atoms with E-state index in [1.54, 1.807) is 31.2 Å². The second kappa shape index (κ2) is 7.33. The molecule has 0 aliphatic heterocycles. The normalized spacial score (nSPS) is 12.1. The van der Waals surface area contributed by atoms with Crippen molar-refractivity contribution in [1.29, 1.82) is 0 Å². The zero-order valence-electron chi connectivity index (χ0n) is 11.3. The van der Waals surface area contributed by atoms with Crippen molar-refractivity contribution in [3.05, 3.63) is 53.6 Å². The molecule has 4 nitrogen and oxygen atoms in total. The highest BCUT2D eigenvalue weighted by Crippen LogP contribution is 2.16. The van der Waals surface area contributed by atoms with Crippen molar-refractivity contribution in [1.82, 2.24) is 5.43 Å². The van der Waals surface area contributed by atoms with Crippen LogP contribution >= 0.6 is 0 Å². The van der Waals surface area contributed by atoms with Crippen LogP contribution in [0.3, 0.4) is 0 Å². The number of nitrogens with one attached hydrogen (secondary N) is 1. The van der Waals surface area contributed by atoms with Crippen molar-refractivity contribution in [3.63, 3.8) is 0 Å². The number of hydrazine groups is 1. The Labute approximate surface area is 112 Å². The molecule has 102 valence electrons. The third kappa shape index (κ3) is 5.35. The number of hydrogen-bond donors (Lipinski definition) is 2. The van der Waals surface area contributed by atoms with Gasteiger partial charge < -0.3 is 10.2 Å². The number of allylic oxidation sites excluding steroid dienone is 2. The summed E-state index contributed by atoms with van der Waals surface area (Å²) >= 11 is 0. The maximum atomic E-state index is 13.5. The highest BCUT2D eigenvalue weighted by Gasteiger charge is 2.04. The average molecular weight is 263 g/mol. The minimum atomic E-state index is -0.435. The SMILES string of the molecule is CC(C)=C/C(=N\C=C(/C)NN)Oc1ccccc1F. The van der Waals surface area contributed by atoms with E-state index in [-0.39, 0.29) is 5.75 Å². The number of nitrogens with two attached hydrogens (primary N) is 1. The fraction of sp³-hybridized carbons (Fsp3) is 0.214. The summed E-state index contributed by atoms with van der Waals surface area (Å²) in [4.78, 5) is 4.12. The van der Waals surface area contributed by atoms with Gasteiger partial charge in [-0.15, -0.1) is 0 Å². The summed E-state index contributed by atoms with van der Waals surface area (Å²) in [5, 5.41) is 0. The molecule has 0 fully saturated rings. The molecule has 0 radical (unpaired) electrons. The van der Waals surface area contributed by atoms with E-state index < -0.39 is 5.82 Å². The van der Waals surface area contributed by atoms with Gasteiger partial charge in [0, 0.05) is 5.70 Å². The summed E-state index contributed by atoms with van der Waals surface area (Å²) in [6.07, 6.45) is 3.22. The molecule has 3 N–H and O–H groups in total. The van der Waals surface area contributed by atoms with Crippen molar-refractivity contribution >= 4 is 5.90 Å². The largest absolute Gasteiger partial charge is 0.436 e. The lowest BCUT2D eigenvalue weighted by Gasteiger charge is -2.06. The molecular formula is C14H18FN3O. The predicted octanol–water partition coefficient (Wildman–Crippen LogP) is 2.89. The fourth-order valence-corrected chi connectivity index (χ4v) is 1.18. The summed E-state index contributed by atoms with van der Waals surface area (Å²) < 4.78 is 18.9. The van der Waals surface area contributed by atoms with Crippen LogP contribution in [0.25, 0.3) is 0 Å². The van der Waals surface area contributed by atoms with Crippen LogP contribution in [-0.2, 0) is 0 Å². The number of hydrogen-bond acceptors (Lipinski definition) is 4. The van der Waals surface area contributed by atoms with Crippen molar-refractivity contribution in [2.24, 2.45) is 10.8 Å². The van der Waals surface area contributed by atoms with Gasteiger partial charge in [0.15, 0.2) is 11.6 Å². The Morgan fingerprint density at radius 1 is 1.32 bits per heavy atom. The fourth-order valence-electron chi connectivity index (χ4n) is 1.18. The molecule has 0 unspecified atom stereocenters. The second-order valence-electron chi connectivity index (χ2n) is 4.18. The average Bonchev–Trinajstić information content (AvgIpc) is 2.37. The van der Waals surface area contributed by atoms with Gasteiger partial charge in [0.1, 0.15) is 0 Å². The van der Waals surface area contributed by atoms with Gasteiger partial charge in [-0.3, -0.25) is 5.84 Å². The van der Waals surface area contributed by atoms with Gasteiger partial charge in [-0.1, -0.05) is 17.7 Å². The molecule has 1 rings (SSSR count). The molecule has 0 spiro atoms. The molecule has 0 aliphatic rings. The molecule has 0 bridgehead atoms. The Bertz CT molecular complexity index is 517. The van der Waals surface area contributed by atoms with E-state index in [9.17, 15) is 4.39 Å². The van der Waals surface area contributed by atoms with Gasteiger partial charge in [0.2, 0.25) is 5.90 Å². The van der Waals surface area contributed by atoms with E-state index in [0.717, 1.165) is 5.57 Å². The molecular weight excluding hydrogens is 245 g/mol. The minimum absolute atomic E-state index is 0.130. The first-order chi connectivity index (χ1) is 9.02. The monoisotopic (exact) mass is 263 g/mol. The van der Waals surface area contributed by atoms with Crippen LogP contribution in [0.4, 0.5) is 4.39 Å². The minimum Gasteiger partial charge on any atom is -0.436 e. The van der Waals surface area contributed by atoms with E-state index in [0.29, 0.717) is 11.6 Å². The van der Waals surface area contributed by atoms with Crippen molar-refractivity contribution in [2.45, 2.75) is 20.8 Å². The maximum Gasteiger partial charge on any atom is 0.219 e. The quantitative estimate of drug-likeness (QED) is 0.380. The Kier molecular flexibility index (Phi) is 5.75. The number of nitrogens with zero attached hydrogens (tertiary/aromatic N) is 1. The van der Waals surface area contributed by atoms with Crippen LogP contribution in [0.1, 0.15) is 20.8 Å². The molecule has 0 atom stereocenters. The Balaban J connectivity index is 3.00. The van der Waals surface area contributed by atoms with E-state index in [4.69, 9.17) is 10.6 Å². The molecule has 0 amide bonds. The summed E-state index contributed by atoms with van der Waals surface area (Å²) in [5.74, 6) is 5.22. The molecule has 0 aromatic heterocycles. The topological polar surface area (TPSA) is 59.6 Å². The molecule has 0 heterocycles. The molecule has 1 aromatic carbocycles. The Morgan fingerprint density at radius 3 is 2.58 bits per heavy atom. The number of halogens is 1. The van der Waals surface area contributed by atoms with Crippen molar-refractivity contribution in [3.8, 4) is 5.75 Å². The Hall–Kier alpha value is -2.14. The standard InChI is InChI=1S/C14H18FN3O/c1-10(2)8-14(17-9-11(3)18-16)19-13-7-5-4-6-12(13)15/h4-9,18H,16H2,1-3H3/b11-9+,17-14+. The lowest BCUT2D eigenvalue weighted by Crippen LogP contribution is -2.18. The van der Waals surface area contributed by atoms with Crippen LogP contribution in [0, 0.1) is 5.82 Å². The molecule has 0 saturated heterocycles. The number of aliphatic imine (C=N–C) groups is 1. The van der Waals surface area contributed by atoms with E-state index in [1.165, 1.54) is 12.3 Å². The van der Waals surface area contributed by atoms with Crippen LogP contribution in [-0.4, -0.2) is 5.90 Å². The van der Waals surface area contributed by atoms with Crippen molar-refractivity contribution in [2.75, 3.05) is 0 Å². The first-order valence-electron chi connectivity index (χ1n) is 5.81. The van der Waals surface area contributed by atoms with Crippen LogP contribution in [0.2, 0.25) is 0 Å². The van der Waals surface area contributed by atoms with Crippen LogP contribution in [0.15, 0.2) is 52.8 Å². The van der Waals surface area contributed by atoms with Gasteiger partial charge in [-0.05, 0) is 39.0 Å². The molecule has 1 aromatic rings. The number of rotatable bonds is 4. The predicted molar refractivity (Wildman–Crippen MR) is 75.0 cm³/mol. The number of benzene rings is 1. The van der Waals surface area contributed by atoms with Gasteiger partial charge >= 0.3 is 0 Å². The first-order valence-corrected chi connectivity index (χ1v) is 5.81. The van der Waals surface area contributed by atoms with Crippen molar-refractivity contribution < 1.29 is 9.13 Å². The summed E-state index contributed by atoms with van der Waals surface area (Å²) in [6, 6.07) is 6.17. The van der Waals surface area contributed by atoms with Gasteiger partial charge in [0.25, 0.3) is 0 Å². The third-order valence-corrected chi connectivity index (χ3v) is 2.08. The highest BCUT2D eigenvalue weighted by atomic mass is 19.1. The molecule has 0 aliphatic carbocycles. The summed E-state index contributed by atoms with van der Waals surface area (Å²) in [6.45, 7) is 5.56. The Morgan fingerprint density at radius 2 is 2.00 bits per heavy atom. The van der Waals surface area contributed by atoms with Gasteiger partial charge in [0.05, 0.1) is 6.20 Å². The van der Waals surface area contributed by atoms with Gasteiger partial charge in [-0.2, -0.15) is 0 Å². The smallest absolute Gasteiger partial charge is 0.219 e. The molecule has 19 heavy (non-hydrogen) atoms. The highest BCUT2D eigenvalue weighted by molar-refractivity contribution is 5.90. The lowest BCUT2D eigenvalue weighted by molar-refractivity contribution is 0.493. The maximum absolute atomic E-state index is 13.5. The summed E-state index contributed by atoms with van der Waals surface area (Å²) in [7, 11) is 0. The zero-order chi connectivity index (χ0) is 14.3. The van der Waals surface area contributed by atoms with Crippen LogP contribution < -0.4 is 16.0 Å². The number of para-hydroxylation sites is 1. The van der Waals surface area contributed by atoms with E-state index in [2.05, 4.69) is 10.4 Å². The lowest BCUT2D eigenvalue weighted by atomic mass is 10.3. The second-order valence-corrected chi connectivity index (χ2v) is 4.18. The first kappa shape index (κ1) is 14.9. The van der Waals surface area contributed by atoms with E-state index in [1.807, 2.05) is 13.8 Å². The third-order valence-electron chi connectivity index (χ3n) is 2.08. The zero-order valence-corrected chi connectivity index (χ0v) is 11.3. The van der Waals surface area contributed by atoms with E-state index >= 15 is 0 Å². The molecule has 5 heteroatoms. The number of ether oxygens (including phenoxy) is 1. The van der Waals surface area contributed by atoms with Crippen LogP contribution in [0.5, 0.6) is 5.75 Å². The molecule has 0 saturated carbocycles. The van der Waals surface area contributed by atoms with Gasteiger partial charge in [-0.25, -0.2) is 9.38 Å². The summed E-state index contributed by atoms with van der Waals surface area (Å²) in [5.41, 5.74) is 4.10.